The first-order valence-electron chi connectivity index (χ1n) is 6.23. The van der Waals surface area contributed by atoms with E-state index in [1.807, 2.05) is 0 Å². The van der Waals surface area contributed by atoms with Crippen LogP contribution in [0.3, 0.4) is 0 Å². The Kier molecular flexibility index (Phi) is 4.90. The average molecular weight is 260 g/mol. The van der Waals surface area contributed by atoms with Gasteiger partial charge in [0.2, 0.25) is 0 Å². The molecule has 2 N–H and O–H groups in total. The summed E-state index contributed by atoms with van der Waals surface area (Å²) in [5.74, 6) is 5.11. The first-order chi connectivity index (χ1) is 9.29. The van der Waals surface area contributed by atoms with Crippen molar-refractivity contribution in [2.24, 2.45) is 0 Å². The predicted molar refractivity (Wildman–Crippen MR) is 69.5 cm³/mol. The topological polar surface area (TPSA) is 71.5 Å². The lowest BCUT2D eigenvalue weighted by molar-refractivity contribution is 0.0696. The summed E-state index contributed by atoms with van der Waals surface area (Å²) in [4.78, 5) is 16.0. The number of carbonyl (C=O) groups is 1. The number of nitrogens with one attached hydrogen (secondary N) is 1. The Hall–Kier alpha value is -1.90. The van der Waals surface area contributed by atoms with Gasteiger partial charge in [-0.1, -0.05) is 11.8 Å². The molecule has 2 rings (SSSR count). The molecular formula is C14H16N2O3. The Morgan fingerprint density at radius 3 is 3.00 bits per heavy atom. The van der Waals surface area contributed by atoms with Crippen molar-refractivity contribution >= 4 is 5.91 Å². The van der Waals surface area contributed by atoms with Gasteiger partial charge >= 0.3 is 0 Å². The third-order valence-corrected chi connectivity index (χ3v) is 2.87. The van der Waals surface area contributed by atoms with E-state index in [0.717, 1.165) is 12.8 Å². The smallest absolute Gasteiger partial charge is 0.253 e. The van der Waals surface area contributed by atoms with Crippen LogP contribution in [0.2, 0.25) is 0 Å². The maximum atomic E-state index is 12.0. The van der Waals surface area contributed by atoms with Crippen LogP contribution in [0.25, 0.3) is 0 Å². The zero-order chi connectivity index (χ0) is 13.5. The Balaban J connectivity index is 2.01. The minimum absolute atomic E-state index is 0.146. The second-order valence-corrected chi connectivity index (χ2v) is 4.28. The molecule has 1 amide bonds. The van der Waals surface area contributed by atoms with Crippen molar-refractivity contribution < 1.29 is 14.6 Å². The SMILES string of the molecule is O=C(NC1CCOCC1)c1cncc(C#CCO)c1. The summed E-state index contributed by atoms with van der Waals surface area (Å²) in [6, 6.07) is 1.83. The molecule has 0 radical (unpaired) electrons. The van der Waals surface area contributed by atoms with Gasteiger partial charge in [-0.05, 0) is 18.9 Å². The maximum absolute atomic E-state index is 12.0. The molecule has 5 heteroatoms. The van der Waals surface area contributed by atoms with Crippen molar-refractivity contribution in [3.63, 3.8) is 0 Å². The molecule has 2 heterocycles. The monoisotopic (exact) mass is 260 g/mol. The van der Waals surface area contributed by atoms with Gasteiger partial charge in [-0.25, -0.2) is 0 Å². The molecule has 1 aliphatic rings. The Morgan fingerprint density at radius 1 is 1.47 bits per heavy atom. The van der Waals surface area contributed by atoms with Crippen molar-refractivity contribution in [1.29, 1.82) is 0 Å². The van der Waals surface area contributed by atoms with E-state index in [2.05, 4.69) is 22.1 Å². The second kappa shape index (κ2) is 6.88. The highest BCUT2D eigenvalue weighted by Gasteiger charge is 2.17. The van der Waals surface area contributed by atoms with Gasteiger partial charge in [0.15, 0.2) is 0 Å². The summed E-state index contributed by atoms with van der Waals surface area (Å²) >= 11 is 0. The standard InChI is InChI=1S/C14H16N2O3/c17-5-1-2-11-8-12(10-15-9-11)14(18)16-13-3-6-19-7-4-13/h8-10,13,17H,3-7H2,(H,16,18). The molecule has 1 aromatic heterocycles. The molecule has 19 heavy (non-hydrogen) atoms. The van der Waals surface area contributed by atoms with Gasteiger partial charge in [0.1, 0.15) is 6.61 Å². The zero-order valence-corrected chi connectivity index (χ0v) is 10.6. The van der Waals surface area contributed by atoms with E-state index >= 15 is 0 Å². The third-order valence-electron chi connectivity index (χ3n) is 2.87. The maximum Gasteiger partial charge on any atom is 0.253 e. The molecule has 0 saturated carbocycles. The summed E-state index contributed by atoms with van der Waals surface area (Å²) in [5, 5.41) is 11.6. The van der Waals surface area contributed by atoms with Crippen LogP contribution in [0.4, 0.5) is 0 Å². The van der Waals surface area contributed by atoms with Crippen LogP contribution in [0.5, 0.6) is 0 Å². The molecule has 0 aliphatic carbocycles. The zero-order valence-electron chi connectivity index (χ0n) is 10.6. The van der Waals surface area contributed by atoms with Crippen molar-refractivity contribution in [2.75, 3.05) is 19.8 Å². The lowest BCUT2D eigenvalue weighted by Crippen LogP contribution is -2.38. The van der Waals surface area contributed by atoms with E-state index in [1.54, 1.807) is 12.3 Å². The van der Waals surface area contributed by atoms with Gasteiger partial charge in [-0.3, -0.25) is 9.78 Å². The van der Waals surface area contributed by atoms with Crippen molar-refractivity contribution in [2.45, 2.75) is 18.9 Å². The van der Waals surface area contributed by atoms with Gasteiger partial charge in [0.05, 0.1) is 5.56 Å². The fourth-order valence-corrected chi connectivity index (χ4v) is 1.88. The molecule has 0 unspecified atom stereocenters. The number of pyridine rings is 1. The van der Waals surface area contributed by atoms with Gasteiger partial charge in [0.25, 0.3) is 5.91 Å². The molecule has 1 saturated heterocycles. The molecular weight excluding hydrogens is 244 g/mol. The number of aliphatic hydroxyl groups is 1. The van der Waals surface area contributed by atoms with E-state index in [0.29, 0.717) is 24.3 Å². The summed E-state index contributed by atoms with van der Waals surface area (Å²) in [5.41, 5.74) is 1.10. The Bertz CT molecular complexity index is 499. The molecule has 0 atom stereocenters. The molecule has 1 aliphatic heterocycles. The van der Waals surface area contributed by atoms with Crippen molar-refractivity contribution in [3.05, 3.63) is 29.6 Å². The lowest BCUT2D eigenvalue weighted by atomic mass is 10.1. The quantitative estimate of drug-likeness (QED) is 0.752. The molecule has 100 valence electrons. The van der Waals surface area contributed by atoms with Crippen LogP contribution in [0.15, 0.2) is 18.5 Å². The summed E-state index contributed by atoms with van der Waals surface area (Å²) in [6.07, 6.45) is 4.75. The first-order valence-corrected chi connectivity index (χ1v) is 6.23. The van der Waals surface area contributed by atoms with Crippen LogP contribution >= 0.6 is 0 Å². The highest BCUT2D eigenvalue weighted by molar-refractivity contribution is 5.94. The number of amides is 1. The van der Waals surface area contributed by atoms with Crippen molar-refractivity contribution in [3.8, 4) is 11.8 Å². The largest absolute Gasteiger partial charge is 0.384 e. The number of nitrogens with zero attached hydrogens (tertiary/aromatic N) is 1. The number of rotatable bonds is 2. The number of carbonyl (C=O) groups excluding carboxylic acids is 1. The number of ether oxygens (including phenoxy) is 1. The molecule has 0 spiro atoms. The van der Waals surface area contributed by atoms with Crippen LogP contribution in [0.1, 0.15) is 28.8 Å². The van der Waals surface area contributed by atoms with Gasteiger partial charge in [-0.2, -0.15) is 0 Å². The molecule has 1 aromatic rings. The normalized spacial score (nSPS) is 15.4. The number of aromatic nitrogens is 1. The summed E-state index contributed by atoms with van der Waals surface area (Å²) < 4.78 is 5.24. The van der Waals surface area contributed by atoms with Crippen LogP contribution in [-0.2, 0) is 4.74 Å². The van der Waals surface area contributed by atoms with E-state index < -0.39 is 0 Å². The van der Waals surface area contributed by atoms with E-state index in [-0.39, 0.29) is 18.6 Å². The first kappa shape index (κ1) is 13.5. The second-order valence-electron chi connectivity index (χ2n) is 4.28. The van der Waals surface area contributed by atoms with E-state index in [1.165, 1.54) is 6.20 Å². The summed E-state index contributed by atoms with van der Waals surface area (Å²) in [7, 11) is 0. The average Bonchev–Trinajstić information content (AvgIpc) is 2.46. The molecule has 1 fully saturated rings. The van der Waals surface area contributed by atoms with Gasteiger partial charge in [0, 0.05) is 37.2 Å². The van der Waals surface area contributed by atoms with Crippen molar-refractivity contribution in [1.82, 2.24) is 10.3 Å². The number of hydrogen-bond acceptors (Lipinski definition) is 4. The minimum atomic E-state index is -0.210. The molecule has 0 aromatic carbocycles. The lowest BCUT2D eigenvalue weighted by Gasteiger charge is -2.23. The fourth-order valence-electron chi connectivity index (χ4n) is 1.88. The Morgan fingerprint density at radius 2 is 2.26 bits per heavy atom. The fraction of sp³-hybridized carbons (Fsp3) is 0.429. The van der Waals surface area contributed by atoms with Crippen LogP contribution in [0, 0.1) is 11.8 Å². The van der Waals surface area contributed by atoms with Gasteiger partial charge in [-0.15, -0.1) is 0 Å². The van der Waals surface area contributed by atoms with E-state index in [9.17, 15) is 4.79 Å². The predicted octanol–water partition coefficient (Wildman–Crippen LogP) is 0.334. The van der Waals surface area contributed by atoms with Crippen LogP contribution in [-0.4, -0.2) is 41.9 Å². The summed E-state index contributed by atoms with van der Waals surface area (Å²) in [6.45, 7) is 1.16. The van der Waals surface area contributed by atoms with Crippen LogP contribution < -0.4 is 5.32 Å². The molecule has 5 nitrogen and oxygen atoms in total. The number of aliphatic hydroxyl groups excluding tert-OH is 1. The van der Waals surface area contributed by atoms with Gasteiger partial charge < -0.3 is 15.2 Å². The highest BCUT2D eigenvalue weighted by Crippen LogP contribution is 2.08. The Labute approximate surface area is 112 Å². The molecule has 0 bridgehead atoms. The highest BCUT2D eigenvalue weighted by atomic mass is 16.5. The number of hydrogen-bond donors (Lipinski definition) is 2. The van der Waals surface area contributed by atoms with E-state index in [4.69, 9.17) is 9.84 Å². The third kappa shape index (κ3) is 4.05. The minimum Gasteiger partial charge on any atom is -0.384 e.